The average molecular weight is 374 g/mol. The summed E-state index contributed by atoms with van der Waals surface area (Å²) in [5.41, 5.74) is 0. The lowest BCUT2D eigenvalue weighted by atomic mass is 10.2. The highest BCUT2D eigenvalue weighted by Gasteiger charge is 2.26. The molecule has 1 aliphatic rings. The van der Waals surface area contributed by atoms with Gasteiger partial charge in [-0.15, -0.1) is 11.3 Å². The first-order chi connectivity index (χ1) is 11.5. The molecule has 1 fully saturated rings. The number of nitrogens with one attached hydrogen (secondary N) is 1. The highest BCUT2D eigenvalue weighted by molar-refractivity contribution is 7.89. The second-order valence-corrected chi connectivity index (χ2v) is 8.98. The molecule has 0 atom stereocenters. The first-order valence-corrected chi connectivity index (χ1v) is 11.0. The Hall–Kier alpha value is -0.960. The predicted molar refractivity (Wildman–Crippen MR) is 98.0 cm³/mol. The van der Waals surface area contributed by atoms with Gasteiger partial charge in [0.05, 0.1) is 10.6 Å². The van der Waals surface area contributed by atoms with Gasteiger partial charge in [0.1, 0.15) is 0 Å². The highest BCUT2D eigenvalue weighted by Crippen LogP contribution is 2.14. The van der Waals surface area contributed by atoms with Crippen LogP contribution in [0.15, 0.2) is 17.5 Å². The lowest BCUT2D eigenvalue weighted by Crippen LogP contribution is -2.48. The molecule has 8 heteroatoms. The van der Waals surface area contributed by atoms with E-state index in [4.69, 9.17) is 0 Å². The van der Waals surface area contributed by atoms with E-state index in [1.165, 1.54) is 15.6 Å². The van der Waals surface area contributed by atoms with Crippen molar-refractivity contribution in [2.45, 2.75) is 26.2 Å². The smallest absolute Gasteiger partial charge is 0.263 e. The zero-order valence-electron chi connectivity index (χ0n) is 14.2. The summed E-state index contributed by atoms with van der Waals surface area (Å²) in [6.45, 7) is 5.38. The van der Waals surface area contributed by atoms with Gasteiger partial charge in [0.15, 0.2) is 0 Å². The van der Waals surface area contributed by atoms with Crippen LogP contribution < -0.4 is 5.32 Å². The first kappa shape index (κ1) is 19.4. The van der Waals surface area contributed by atoms with Gasteiger partial charge in [0.2, 0.25) is 10.0 Å². The van der Waals surface area contributed by atoms with Crippen LogP contribution >= 0.6 is 11.3 Å². The molecule has 1 N–H and O–H groups in total. The van der Waals surface area contributed by atoms with E-state index in [1.807, 2.05) is 11.4 Å². The van der Waals surface area contributed by atoms with Crippen molar-refractivity contribution in [1.29, 1.82) is 0 Å². The van der Waals surface area contributed by atoms with Crippen LogP contribution in [0.5, 0.6) is 0 Å². The quantitative estimate of drug-likeness (QED) is 0.668. The lowest BCUT2D eigenvalue weighted by molar-refractivity contribution is 0.0767. The van der Waals surface area contributed by atoms with Crippen molar-refractivity contribution < 1.29 is 13.2 Å². The summed E-state index contributed by atoms with van der Waals surface area (Å²) in [5.74, 6) is -0.0624. The van der Waals surface area contributed by atoms with Crippen molar-refractivity contribution in [3.05, 3.63) is 22.4 Å². The molecule has 2 heterocycles. The van der Waals surface area contributed by atoms with Crippen molar-refractivity contribution >= 4 is 27.3 Å². The molecule has 0 radical (unpaired) electrons. The predicted octanol–water partition coefficient (Wildman–Crippen LogP) is 1.62. The standard InChI is InChI=1S/C16H27N3O3S2/c1-2-3-4-9-18(16(20)15-6-5-13-23-15)12-14-24(21,22)19-10-7-17-8-11-19/h5-6,13,17H,2-4,7-12,14H2,1H3. The third-order valence-corrected chi connectivity index (χ3v) is 6.85. The third-order valence-electron chi connectivity index (χ3n) is 4.14. The fourth-order valence-corrected chi connectivity index (χ4v) is 4.84. The van der Waals surface area contributed by atoms with Gasteiger partial charge in [-0.3, -0.25) is 4.79 Å². The van der Waals surface area contributed by atoms with Gasteiger partial charge >= 0.3 is 0 Å². The minimum absolute atomic E-state index is 0.00373. The lowest BCUT2D eigenvalue weighted by Gasteiger charge is -2.28. The van der Waals surface area contributed by atoms with Crippen LogP contribution in [-0.2, 0) is 10.0 Å². The molecule has 0 aromatic carbocycles. The molecule has 0 saturated carbocycles. The molecule has 0 spiro atoms. The van der Waals surface area contributed by atoms with Crippen LogP contribution in [0.25, 0.3) is 0 Å². The molecule has 2 rings (SSSR count). The van der Waals surface area contributed by atoms with Gasteiger partial charge < -0.3 is 10.2 Å². The van der Waals surface area contributed by atoms with E-state index in [1.54, 1.807) is 11.0 Å². The maximum Gasteiger partial charge on any atom is 0.263 e. The Bertz CT molecular complexity index is 596. The fraction of sp³-hybridized carbons (Fsp3) is 0.688. The molecule has 1 aromatic rings. The number of carbonyl (C=O) groups excluding carboxylic acids is 1. The molecule has 1 aromatic heterocycles. The summed E-state index contributed by atoms with van der Waals surface area (Å²) in [5, 5.41) is 5.02. The van der Waals surface area contributed by atoms with Crippen molar-refractivity contribution in [1.82, 2.24) is 14.5 Å². The fourth-order valence-electron chi connectivity index (χ4n) is 2.70. The number of nitrogens with zero attached hydrogens (tertiary/aromatic N) is 2. The maximum absolute atomic E-state index is 12.6. The van der Waals surface area contributed by atoms with E-state index in [0.717, 1.165) is 19.3 Å². The number of piperazine rings is 1. The molecule has 1 saturated heterocycles. The highest BCUT2D eigenvalue weighted by atomic mass is 32.2. The molecule has 0 unspecified atom stereocenters. The van der Waals surface area contributed by atoms with Gasteiger partial charge in [0.25, 0.3) is 5.91 Å². The van der Waals surface area contributed by atoms with Crippen LogP contribution in [0.1, 0.15) is 35.9 Å². The second-order valence-electron chi connectivity index (χ2n) is 5.94. The Morgan fingerprint density at radius 3 is 2.67 bits per heavy atom. The summed E-state index contributed by atoms with van der Waals surface area (Å²) >= 11 is 1.40. The van der Waals surface area contributed by atoms with E-state index < -0.39 is 10.0 Å². The van der Waals surface area contributed by atoms with E-state index in [0.29, 0.717) is 37.6 Å². The van der Waals surface area contributed by atoms with Crippen molar-refractivity contribution in [2.75, 3.05) is 45.0 Å². The molecule has 1 aliphatic heterocycles. The Morgan fingerprint density at radius 1 is 1.29 bits per heavy atom. The number of hydrogen-bond donors (Lipinski definition) is 1. The summed E-state index contributed by atoms with van der Waals surface area (Å²) in [7, 11) is -3.31. The normalized spacial score (nSPS) is 16.2. The number of sulfonamides is 1. The number of rotatable bonds is 9. The summed E-state index contributed by atoms with van der Waals surface area (Å²) in [6, 6.07) is 3.64. The molecule has 0 aliphatic carbocycles. The minimum Gasteiger partial charge on any atom is -0.337 e. The second kappa shape index (κ2) is 9.50. The monoisotopic (exact) mass is 373 g/mol. The van der Waals surface area contributed by atoms with Crippen molar-refractivity contribution in [3.8, 4) is 0 Å². The Balaban J connectivity index is 1.97. The van der Waals surface area contributed by atoms with Gasteiger partial charge in [-0.25, -0.2) is 8.42 Å². The van der Waals surface area contributed by atoms with Crippen LogP contribution in [-0.4, -0.2) is 68.6 Å². The van der Waals surface area contributed by atoms with E-state index >= 15 is 0 Å². The Kier molecular flexibility index (Phi) is 7.67. The number of carbonyl (C=O) groups is 1. The average Bonchev–Trinajstić information content (AvgIpc) is 3.13. The molecular formula is C16H27N3O3S2. The maximum atomic E-state index is 12.6. The topological polar surface area (TPSA) is 69.7 Å². The molecule has 6 nitrogen and oxygen atoms in total. The van der Waals surface area contributed by atoms with Crippen LogP contribution in [0.3, 0.4) is 0 Å². The van der Waals surface area contributed by atoms with Crippen LogP contribution in [0, 0.1) is 0 Å². The van der Waals surface area contributed by atoms with Gasteiger partial charge in [-0.1, -0.05) is 25.8 Å². The van der Waals surface area contributed by atoms with Gasteiger partial charge in [-0.2, -0.15) is 4.31 Å². The number of unbranched alkanes of at least 4 members (excludes halogenated alkanes) is 2. The molecule has 136 valence electrons. The molecule has 24 heavy (non-hydrogen) atoms. The zero-order chi connectivity index (χ0) is 17.4. The van der Waals surface area contributed by atoms with Crippen LogP contribution in [0.4, 0.5) is 0 Å². The van der Waals surface area contributed by atoms with Crippen molar-refractivity contribution in [2.24, 2.45) is 0 Å². The third kappa shape index (κ3) is 5.54. The SMILES string of the molecule is CCCCCN(CCS(=O)(=O)N1CCNCC1)C(=O)c1cccs1. The summed E-state index contributed by atoms with van der Waals surface area (Å²) < 4.78 is 26.5. The number of amides is 1. The van der Waals surface area contributed by atoms with E-state index in [9.17, 15) is 13.2 Å². The van der Waals surface area contributed by atoms with Gasteiger partial charge in [-0.05, 0) is 17.9 Å². The molecule has 0 bridgehead atoms. The Morgan fingerprint density at radius 2 is 2.04 bits per heavy atom. The van der Waals surface area contributed by atoms with Gasteiger partial charge in [0, 0.05) is 39.3 Å². The molecule has 1 amide bonds. The van der Waals surface area contributed by atoms with Crippen LogP contribution in [0.2, 0.25) is 0 Å². The Labute approximate surface area is 148 Å². The van der Waals surface area contributed by atoms with Crippen molar-refractivity contribution in [3.63, 3.8) is 0 Å². The summed E-state index contributed by atoms with van der Waals surface area (Å²) in [6.07, 6.45) is 3.01. The number of thiophene rings is 1. The first-order valence-electron chi connectivity index (χ1n) is 8.56. The zero-order valence-corrected chi connectivity index (χ0v) is 15.9. The molecular weight excluding hydrogens is 346 g/mol. The summed E-state index contributed by atoms with van der Waals surface area (Å²) in [4.78, 5) is 15.0. The van der Waals surface area contributed by atoms with E-state index in [2.05, 4.69) is 12.2 Å². The largest absolute Gasteiger partial charge is 0.337 e. The number of hydrogen-bond acceptors (Lipinski definition) is 5. The minimum atomic E-state index is -3.31. The van der Waals surface area contributed by atoms with E-state index in [-0.39, 0.29) is 18.2 Å².